The van der Waals surface area contributed by atoms with Crippen LogP contribution in [0.25, 0.3) is 0 Å². The molecule has 0 aromatic heterocycles. The van der Waals surface area contributed by atoms with Gasteiger partial charge in [-0.25, -0.2) is 0 Å². The van der Waals surface area contributed by atoms with E-state index in [-0.39, 0.29) is 11.9 Å². The fourth-order valence-corrected chi connectivity index (χ4v) is 2.12. The van der Waals surface area contributed by atoms with Gasteiger partial charge in [0.05, 0.1) is 13.2 Å². The summed E-state index contributed by atoms with van der Waals surface area (Å²) >= 11 is 3.40. The SMILES string of the molecule is COc1ccc(C(=O)N[C@@H](C)c2ccc(Br)cc2)cc1. The Labute approximate surface area is 127 Å². The molecule has 0 aliphatic rings. The first-order chi connectivity index (χ1) is 9.60. The second-order valence-electron chi connectivity index (χ2n) is 4.48. The molecule has 0 saturated carbocycles. The summed E-state index contributed by atoms with van der Waals surface area (Å²) < 4.78 is 6.10. The Morgan fingerprint density at radius 1 is 1.10 bits per heavy atom. The van der Waals surface area contributed by atoms with Crippen LogP contribution < -0.4 is 10.1 Å². The molecule has 0 aliphatic heterocycles. The van der Waals surface area contributed by atoms with Crippen LogP contribution in [0.1, 0.15) is 28.9 Å². The number of hydrogen-bond acceptors (Lipinski definition) is 2. The molecule has 0 fully saturated rings. The Hall–Kier alpha value is -1.81. The molecule has 0 radical (unpaired) electrons. The van der Waals surface area contributed by atoms with Crippen LogP contribution in [-0.4, -0.2) is 13.0 Å². The van der Waals surface area contributed by atoms with Crippen molar-refractivity contribution >= 4 is 21.8 Å². The third kappa shape index (κ3) is 3.61. The maximum atomic E-state index is 12.1. The number of nitrogens with one attached hydrogen (secondary N) is 1. The van der Waals surface area contributed by atoms with Crippen molar-refractivity contribution in [1.82, 2.24) is 5.32 Å². The van der Waals surface area contributed by atoms with Crippen molar-refractivity contribution in [3.8, 4) is 5.75 Å². The first kappa shape index (κ1) is 14.6. The van der Waals surface area contributed by atoms with E-state index in [2.05, 4.69) is 21.2 Å². The summed E-state index contributed by atoms with van der Waals surface area (Å²) in [6, 6.07) is 14.9. The first-order valence-corrected chi connectivity index (χ1v) is 7.10. The third-order valence-electron chi connectivity index (χ3n) is 3.07. The van der Waals surface area contributed by atoms with Gasteiger partial charge in [0.25, 0.3) is 5.91 Å². The fraction of sp³-hybridized carbons (Fsp3) is 0.188. The van der Waals surface area contributed by atoms with E-state index in [1.807, 2.05) is 31.2 Å². The summed E-state index contributed by atoms with van der Waals surface area (Å²) in [7, 11) is 1.60. The number of rotatable bonds is 4. The number of carbonyl (C=O) groups excluding carboxylic acids is 1. The second-order valence-corrected chi connectivity index (χ2v) is 5.39. The summed E-state index contributed by atoms with van der Waals surface area (Å²) in [6.45, 7) is 1.96. The van der Waals surface area contributed by atoms with Gasteiger partial charge < -0.3 is 10.1 Å². The van der Waals surface area contributed by atoms with Crippen molar-refractivity contribution in [2.75, 3.05) is 7.11 Å². The summed E-state index contributed by atoms with van der Waals surface area (Å²) in [5.41, 5.74) is 1.69. The van der Waals surface area contributed by atoms with Crippen molar-refractivity contribution < 1.29 is 9.53 Å². The molecule has 20 heavy (non-hydrogen) atoms. The van der Waals surface area contributed by atoms with E-state index in [1.54, 1.807) is 31.4 Å². The van der Waals surface area contributed by atoms with Gasteiger partial charge in [0.1, 0.15) is 5.75 Å². The topological polar surface area (TPSA) is 38.3 Å². The average Bonchev–Trinajstić information content (AvgIpc) is 2.48. The van der Waals surface area contributed by atoms with E-state index < -0.39 is 0 Å². The zero-order valence-corrected chi connectivity index (χ0v) is 13.0. The fourth-order valence-electron chi connectivity index (χ4n) is 1.86. The van der Waals surface area contributed by atoms with Gasteiger partial charge in [-0.3, -0.25) is 4.79 Å². The molecule has 0 heterocycles. The van der Waals surface area contributed by atoms with Crippen molar-refractivity contribution in [3.05, 3.63) is 64.1 Å². The van der Waals surface area contributed by atoms with Crippen LogP contribution in [0.5, 0.6) is 5.75 Å². The highest BCUT2D eigenvalue weighted by molar-refractivity contribution is 9.10. The van der Waals surface area contributed by atoms with Crippen LogP contribution in [-0.2, 0) is 0 Å². The molecule has 0 unspecified atom stereocenters. The van der Waals surface area contributed by atoms with Gasteiger partial charge in [-0.1, -0.05) is 28.1 Å². The van der Waals surface area contributed by atoms with Crippen molar-refractivity contribution in [2.45, 2.75) is 13.0 Å². The van der Waals surface area contributed by atoms with Crippen LogP contribution in [0.4, 0.5) is 0 Å². The van der Waals surface area contributed by atoms with E-state index in [0.29, 0.717) is 5.56 Å². The molecule has 0 spiro atoms. The minimum atomic E-state index is -0.0944. The molecule has 2 rings (SSSR count). The van der Waals surface area contributed by atoms with Gasteiger partial charge in [-0.2, -0.15) is 0 Å². The summed E-state index contributed by atoms with van der Waals surface area (Å²) in [6.07, 6.45) is 0. The lowest BCUT2D eigenvalue weighted by molar-refractivity contribution is 0.0940. The van der Waals surface area contributed by atoms with E-state index in [1.165, 1.54) is 0 Å². The third-order valence-corrected chi connectivity index (χ3v) is 3.60. The van der Waals surface area contributed by atoms with Crippen molar-refractivity contribution in [2.24, 2.45) is 0 Å². The lowest BCUT2D eigenvalue weighted by Gasteiger charge is -2.14. The Morgan fingerprint density at radius 3 is 2.25 bits per heavy atom. The molecule has 0 bridgehead atoms. The Bertz CT molecular complexity index is 578. The molecule has 2 aromatic rings. The van der Waals surface area contributed by atoms with Crippen LogP contribution in [0.15, 0.2) is 53.0 Å². The Kier molecular flexibility index (Phi) is 4.79. The first-order valence-electron chi connectivity index (χ1n) is 6.30. The highest BCUT2D eigenvalue weighted by atomic mass is 79.9. The Balaban J connectivity index is 2.04. The lowest BCUT2D eigenvalue weighted by atomic mass is 10.1. The zero-order valence-electron chi connectivity index (χ0n) is 11.4. The van der Waals surface area contributed by atoms with Gasteiger partial charge in [0.2, 0.25) is 0 Å². The minimum Gasteiger partial charge on any atom is -0.497 e. The average molecular weight is 334 g/mol. The highest BCUT2D eigenvalue weighted by Gasteiger charge is 2.11. The number of halogens is 1. The quantitative estimate of drug-likeness (QED) is 0.919. The lowest BCUT2D eigenvalue weighted by Crippen LogP contribution is -2.26. The maximum absolute atomic E-state index is 12.1. The van der Waals surface area contributed by atoms with Crippen LogP contribution in [0.3, 0.4) is 0 Å². The predicted octanol–water partition coefficient (Wildman–Crippen LogP) is 3.95. The van der Waals surface area contributed by atoms with E-state index in [4.69, 9.17) is 4.74 Å². The number of methoxy groups -OCH3 is 1. The van der Waals surface area contributed by atoms with Gasteiger partial charge in [-0.15, -0.1) is 0 Å². The van der Waals surface area contributed by atoms with E-state index in [0.717, 1.165) is 15.8 Å². The van der Waals surface area contributed by atoms with Crippen molar-refractivity contribution in [1.29, 1.82) is 0 Å². The number of benzene rings is 2. The molecular formula is C16H16BrNO2. The molecule has 104 valence electrons. The predicted molar refractivity (Wildman–Crippen MR) is 83.0 cm³/mol. The standard InChI is InChI=1S/C16H16BrNO2/c1-11(12-3-7-14(17)8-4-12)18-16(19)13-5-9-15(20-2)10-6-13/h3-11H,1-2H3,(H,18,19)/t11-/m0/s1. The normalized spacial score (nSPS) is 11.8. The molecular weight excluding hydrogens is 318 g/mol. The summed E-state index contributed by atoms with van der Waals surface area (Å²) in [5, 5.41) is 2.97. The molecule has 3 nitrogen and oxygen atoms in total. The molecule has 1 N–H and O–H groups in total. The molecule has 0 saturated heterocycles. The van der Waals surface area contributed by atoms with Gasteiger partial charge in [0.15, 0.2) is 0 Å². The molecule has 0 aliphatic carbocycles. The van der Waals surface area contributed by atoms with Crippen LogP contribution >= 0.6 is 15.9 Å². The van der Waals surface area contributed by atoms with Gasteiger partial charge in [0, 0.05) is 10.0 Å². The number of carbonyl (C=O) groups is 1. The summed E-state index contributed by atoms with van der Waals surface area (Å²) in [5.74, 6) is 0.644. The largest absolute Gasteiger partial charge is 0.497 e. The number of hydrogen-bond donors (Lipinski definition) is 1. The Morgan fingerprint density at radius 2 is 1.70 bits per heavy atom. The van der Waals surface area contributed by atoms with E-state index in [9.17, 15) is 4.79 Å². The van der Waals surface area contributed by atoms with Gasteiger partial charge in [-0.05, 0) is 48.9 Å². The smallest absolute Gasteiger partial charge is 0.251 e. The zero-order chi connectivity index (χ0) is 14.5. The molecule has 4 heteroatoms. The van der Waals surface area contributed by atoms with Crippen molar-refractivity contribution in [3.63, 3.8) is 0 Å². The second kappa shape index (κ2) is 6.57. The number of amides is 1. The molecule has 1 atom stereocenters. The van der Waals surface area contributed by atoms with E-state index >= 15 is 0 Å². The van der Waals surface area contributed by atoms with Gasteiger partial charge >= 0.3 is 0 Å². The highest BCUT2D eigenvalue weighted by Crippen LogP contribution is 2.17. The minimum absolute atomic E-state index is 0.0438. The monoisotopic (exact) mass is 333 g/mol. The molecule has 1 amide bonds. The maximum Gasteiger partial charge on any atom is 0.251 e. The van der Waals surface area contributed by atoms with Crippen LogP contribution in [0.2, 0.25) is 0 Å². The number of ether oxygens (including phenoxy) is 1. The van der Waals surface area contributed by atoms with Crippen LogP contribution in [0, 0.1) is 0 Å². The molecule has 2 aromatic carbocycles. The summed E-state index contributed by atoms with van der Waals surface area (Å²) in [4.78, 5) is 12.1.